The van der Waals surface area contributed by atoms with Gasteiger partial charge in [0.1, 0.15) is 11.5 Å². The molecule has 134 valence electrons. The fourth-order valence-electron chi connectivity index (χ4n) is 3.04. The molecular weight excluding hydrogens is 330 g/mol. The molecule has 0 aliphatic carbocycles. The van der Waals surface area contributed by atoms with Crippen LogP contribution in [0.4, 0.5) is 5.82 Å². The van der Waals surface area contributed by atoms with Gasteiger partial charge in [0.05, 0.1) is 5.69 Å². The molecule has 0 atom stereocenters. The van der Waals surface area contributed by atoms with Crippen molar-refractivity contribution in [2.75, 3.05) is 25.0 Å². The van der Waals surface area contributed by atoms with Gasteiger partial charge in [0.15, 0.2) is 11.6 Å². The molecule has 0 spiro atoms. The predicted octanol–water partition coefficient (Wildman–Crippen LogP) is 0.785. The Morgan fingerprint density at radius 3 is 2.92 bits per heavy atom. The fraction of sp³-hybridized carbons (Fsp3) is 0.412. The van der Waals surface area contributed by atoms with Crippen molar-refractivity contribution in [3.63, 3.8) is 0 Å². The molecule has 3 aromatic heterocycles. The van der Waals surface area contributed by atoms with E-state index in [1.54, 1.807) is 6.20 Å². The van der Waals surface area contributed by atoms with Crippen molar-refractivity contribution in [3.05, 3.63) is 41.5 Å². The Kier molecular flexibility index (Phi) is 5.06. The van der Waals surface area contributed by atoms with Gasteiger partial charge in [-0.1, -0.05) is 11.3 Å². The van der Waals surface area contributed by atoms with Crippen LogP contribution in [0.25, 0.3) is 11.5 Å². The highest BCUT2D eigenvalue weighted by molar-refractivity contribution is 5.57. The van der Waals surface area contributed by atoms with Crippen LogP contribution in [0.3, 0.4) is 0 Å². The highest BCUT2D eigenvalue weighted by Crippen LogP contribution is 2.23. The Hall–Kier alpha value is -2.94. The molecule has 0 amide bonds. The quantitative estimate of drug-likeness (QED) is 0.558. The Morgan fingerprint density at radius 1 is 1.12 bits per heavy atom. The molecule has 1 aliphatic rings. The van der Waals surface area contributed by atoms with Gasteiger partial charge in [-0.25, -0.2) is 9.97 Å². The van der Waals surface area contributed by atoms with Gasteiger partial charge in [0.25, 0.3) is 0 Å². The number of hydrogen-bond acceptors (Lipinski definition) is 8. The first-order valence-electron chi connectivity index (χ1n) is 8.88. The summed E-state index contributed by atoms with van der Waals surface area (Å²) >= 11 is 0. The number of fused-ring (bicyclic) bond motifs is 1. The summed E-state index contributed by atoms with van der Waals surface area (Å²) in [7, 11) is 0. The summed E-state index contributed by atoms with van der Waals surface area (Å²) < 4.78 is 0. The zero-order valence-corrected chi connectivity index (χ0v) is 14.4. The van der Waals surface area contributed by atoms with Gasteiger partial charge >= 0.3 is 0 Å². The van der Waals surface area contributed by atoms with Gasteiger partial charge < -0.3 is 10.6 Å². The van der Waals surface area contributed by atoms with Gasteiger partial charge in [-0.3, -0.25) is 4.98 Å². The van der Waals surface area contributed by atoms with Crippen LogP contribution in [0.2, 0.25) is 0 Å². The molecule has 0 unspecified atom stereocenters. The summed E-state index contributed by atoms with van der Waals surface area (Å²) in [6.07, 6.45) is 5.26. The predicted molar refractivity (Wildman–Crippen MR) is 96.5 cm³/mol. The lowest BCUT2D eigenvalue weighted by Crippen LogP contribution is -2.16. The van der Waals surface area contributed by atoms with Crippen LogP contribution in [-0.2, 0) is 19.3 Å². The van der Waals surface area contributed by atoms with Crippen LogP contribution in [0.15, 0.2) is 24.4 Å². The zero-order valence-electron chi connectivity index (χ0n) is 14.4. The Morgan fingerprint density at radius 2 is 2.08 bits per heavy atom. The molecule has 0 fully saturated rings. The van der Waals surface area contributed by atoms with Crippen LogP contribution < -0.4 is 10.6 Å². The number of H-pyrrole nitrogens is 1. The molecule has 4 rings (SSSR count). The maximum absolute atomic E-state index is 4.79. The van der Waals surface area contributed by atoms with E-state index in [0.717, 1.165) is 68.3 Å². The summed E-state index contributed by atoms with van der Waals surface area (Å²) in [4.78, 5) is 14.0. The van der Waals surface area contributed by atoms with Crippen molar-refractivity contribution in [2.45, 2.75) is 25.7 Å². The SMILES string of the molecule is c1ccc(-c2nc3c(c(NCCCc4nn[nH]n4)n2)CCNCC3)nc1. The van der Waals surface area contributed by atoms with Crippen molar-refractivity contribution < 1.29 is 0 Å². The number of aromatic nitrogens is 7. The summed E-state index contributed by atoms with van der Waals surface area (Å²) in [6, 6.07) is 5.79. The standard InChI is InChI=1S/C17H21N9/c1-2-8-19-14(4-1)17-21-13-7-11-18-10-6-12(13)16(22-17)20-9-3-5-15-23-25-26-24-15/h1-2,4,8,18H,3,5-7,9-11H2,(H,20,21,22)(H,23,24,25,26). The van der Waals surface area contributed by atoms with Gasteiger partial charge in [0, 0.05) is 37.7 Å². The van der Waals surface area contributed by atoms with E-state index >= 15 is 0 Å². The van der Waals surface area contributed by atoms with Crippen molar-refractivity contribution in [3.8, 4) is 11.5 Å². The molecule has 9 heteroatoms. The van der Waals surface area contributed by atoms with Gasteiger partial charge in [-0.15, -0.1) is 10.2 Å². The number of aryl methyl sites for hydroxylation is 1. The smallest absolute Gasteiger partial charge is 0.180 e. The van der Waals surface area contributed by atoms with Gasteiger partial charge in [-0.2, -0.15) is 5.21 Å². The van der Waals surface area contributed by atoms with E-state index < -0.39 is 0 Å². The Bertz CT molecular complexity index is 833. The molecule has 9 nitrogen and oxygen atoms in total. The molecule has 0 saturated heterocycles. The second-order valence-electron chi connectivity index (χ2n) is 6.14. The number of hydrogen-bond donors (Lipinski definition) is 3. The third-order valence-corrected chi connectivity index (χ3v) is 4.34. The number of rotatable bonds is 6. The lowest BCUT2D eigenvalue weighted by atomic mass is 10.1. The van der Waals surface area contributed by atoms with Gasteiger partial charge in [-0.05, 0) is 31.5 Å². The van der Waals surface area contributed by atoms with Crippen molar-refractivity contribution >= 4 is 5.82 Å². The first-order valence-corrected chi connectivity index (χ1v) is 8.88. The average Bonchev–Trinajstić information content (AvgIpc) is 3.09. The maximum atomic E-state index is 4.79. The highest BCUT2D eigenvalue weighted by Gasteiger charge is 2.17. The van der Waals surface area contributed by atoms with Crippen LogP contribution >= 0.6 is 0 Å². The number of anilines is 1. The number of pyridine rings is 1. The summed E-state index contributed by atoms with van der Waals surface area (Å²) in [5, 5.41) is 20.9. The molecule has 1 aliphatic heterocycles. The monoisotopic (exact) mass is 351 g/mol. The van der Waals surface area contributed by atoms with Crippen LogP contribution in [-0.4, -0.2) is 55.2 Å². The number of aromatic amines is 1. The lowest BCUT2D eigenvalue weighted by Gasteiger charge is -2.14. The summed E-state index contributed by atoms with van der Waals surface area (Å²) in [5.41, 5.74) is 3.10. The second-order valence-corrected chi connectivity index (χ2v) is 6.14. The van der Waals surface area contributed by atoms with Gasteiger partial charge in [0.2, 0.25) is 0 Å². The number of nitrogens with one attached hydrogen (secondary N) is 3. The fourth-order valence-corrected chi connectivity index (χ4v) is 3.04. The minimum absolute atomic E-state index is 0.673. The third-order valence-electron chi connectivity index (χ3n) is 4.34. The molecule has 0 bridgehead atoms. The summed E-state index contributed by atoms with van der Waals surface area (Å²) in [6.45, 7) is 2.66. The van der Waals surface area contributed by atoms with Crippen molar-refractivity contribution in [1.29, 1.82) is 0 Å². The molecule has 26 heavy (non-hydrogen) atoms. The lowest BCUT2D eigenvalue weighted by molar-refractivity contribution is 0.708. The molecule has 0 radical (unpaired) electrons. The normalized spacial score (nSPS) is 13.8. The third kappa shape index (κ3) is 3.83. The first-order chi connectivity index (χ1) is 12.9. The second kappa shape index (κ2) is 7.96. The molecule has 3 aromatic rings. The van der Waals surface area contributed by atoms with E-state index in [2.05, 4.69) is 36.2 Å². The number of tetrazole rings is 1. The number of nitrogens with zero attached hydrogens (tertiary/aromatic N) is 6. The van der Waals surface area contributed by atoms with E-state index in [4.69, 9.17) is 9.97 Å². The van der Waals surface area contributed by atoms with E-state index in [1.807, 2.05) is 18.2 Å². The molecular formula is C17H21N9. The molecule has 0 aromatic carbocycles. The zero-order chi connectivity index (χ0) is 17.6. The van der Waals surface area contributed by atoms with E-state index in [1.165, 1.54) is 5.56 Å². The minimum atomic E-state index is 0.673. The first kappa shape index (κ1) is 16.5. The maximum Gasteiger partial charge on any atom is 0.180 e. The Balaban J connectivity index is 1.55. The van der Waals surface area contributed by atoms with Crippen molar-refractivity contribution in [1.82, 2.24) is 40.9 Å². The van der Waals surface area contributed by atoms with Crippen LogP contribution in [0.1, 0.15) is 23.5 Å². The highest BCUT2D eigenvalue weighted by atomic mass is 15.5. The Labute approximate surface area is 151 Å². The van der Waals surface area contributed by atoms with Crippen LogP contribution in [0, 0.1) is 0 Å². The van der Waals surface area contributed by atoms with Crippen molar-refractivity contribution in [2.24, 2.45) is 0 Å². The topological polar surface area (TPSA) is 117 Å². The van der Waals surface area contributed by atoms with E-state index in [0.29, 0.717) is 5.82 Å². The van der Waals surface area contributed by atoms with Crippen LogP contribution in [0.5, 0.6) is 0 Å². The van der Waals surface area contributed by atoms with E-state index in [9.17, 15) is 0 Å². The minimum Gasteiger partial charge on any atom is -0.370 e. The average molecular weight is 351 g/mol. The molecule has 0 saturated carbocycles. The molecule has 4 heterocycles. The van der Waals surface area contributed by atoms with E-state index in [-0.39, 0.29) is 0 Å². The summed E-state index contributed by atoms with van der Waals surface area (Å²) in [5.74, 6) is 2.31. The molecule has 3 N–H and O–H groups in total. The largest absolute Gasteiger partial charge is 0.370 e.